The van der Waals surface area contributed by atoms with Gasteiger partial charge in [-0.1, -0.05) is 18.2 Å². The van der Waals surface area contributed by atoms with Crippen molar-refractivity contribution in [3.05, 3.63) is 65.1 Å². The minimum Gasteiger partial charge on any atom is -0.325 e. The maximum Gasteiger partial charge on any atom is 0.269 e. The Morgan fingerprint density at radius 2 is 1.56 bits per heavy atom. The largest absolute Gasteiger partial charge is 0.325 e. The first-order chi connectivity index (χ1) is 12.7. The van der Waals surface area contributed by atoms with Crippen molar-refractivity contribution in [1.29, 1.82) is 0 Å². The summed E-state index contributed by atoms with van der Waals surface area (Å²) in [5.41, 5.74) is 0.0280. The lowest BCUT2D eigenvalue weighted by Gasteiger charge is -2.24. The number of nitrogens with zero attached hydrogens (tertiary/aromatic N) is 4. The summed E-state index contributed by atoms with van der Waals surface area (Å²) >= 11 is 0. The predicted molar refractivity (Wildman–Crippen MR) is 103 cm³/mol. The van der Waals surface area contributed by atoms with Gasteiger partial charge in [0.2, 0.25) is 0 Å². The lowest BCUT2D eigenvalue weighted by molar-refractivity contribution is 0.405. The van der Waals surface area contributed by atoms with E-state index in [0.717, 1.165) is 3.97 Å². The zero-order chi connectivity index (χ0) is 19.4. The van der Waals surface area contributed by atoms with Crippen molar-refractivity contribution in [3.8, 4) is 0 Å². The first kappa shape index (κ1) is 17.4. The van der Waals surface area contributed by atoms with Gasteiger partial charge < -0.3 is 4.57 Å². The molecular weight excluding hydrogens is 364 g/mol. The smallest absolute Gasteiger partial charge is 0.269 e. The molecule has 4 rings (SSSR count). The number of rotatable bonds is 2. The third-order valence-electron chi connectivity index (χ3n) is 4.43. The molecule has 0 atom stereocenters. The second-order valence-corrected chi connectivity index (χ2v) is 9.10. The molecule has 3 aromatic heterocycles. The second-order valence-electron chi connectivity index (χ2n) is 7.29. The van der Waals surface area contributed by atoms with Gasteiger partial charge in [0.1, 0.15) is 0 Å². The molecular formula is C19H18N4O3S. The number of aromatic nitrogens is 4. The molecule has 0 saturated carbocycles. The maximum atomic E-state index is 13.0. The van der Waals surface area contributed by atoms with E-state index in [1.165, 1.54) is 24.4 Å². The van der Waals surface area contributed by atoms with Crippen LogP contribution in [0, 0.1) is 0 Å². The fourth-order valence-corrected chi connectivity index (χ4v) is 4.43. The first-order valence-corrected chi connectivity index (χ1v) is 9.85. The molecule has 1 aromatic carbocycles. The molecule has 8 heteroatoms. The van der Waals surface area contributed by atoms with Gasteiger partial charge in [-0.2, -0.15) is 0 Å². The van der Waals surface area contributed by atoms with Gasteiger partial charge in [0.05, 0.1) is 10.3 Å². The molecule has 0 aliphatic carbocycles. The average molecular weight is 382 g/mol. The number of fused-ring (bicyclic) bond motifs is 3. The molecule has 0 spiro atoms. The lowest BCUT2D eigenvalue weighted by atomic mass is 10.1. The van der Waals surface area contributed by atoms with Crippen LogP contribution in [0.3, 0.4) is 0 Å². The van der Waals surface area contributed by atoms with Crippen LogP contribution in [0.2, 0.25) is 0 Å². The van der Waals surface area contributed by atoms with Gasteiger partial charge in [-0.25, -0.2) is 12.4 Å². The van der Waals surface area contributed by atoms with Crippen molar-refractivity contribution >= 4 is 32.1 Å². The Bertz CT molecular complexity index is 1330. The Balaban J connectivity index is 2.07. The maximum absolute atomic E-state index is 13.0. The summed E-state index contributed by atoms with van der Waals surface area (Å²) in [6, 6.07) is 11.2. The van der Waals surface area contributed by atoms with Crippen LogP contribution in [-0.4, -0.2) is 27.2 Å². The summed E-state index contributed by atoms with van der Waals surface area (Å²) in [6.07, 6.45) is 3.10. The molecule has 7 nitrogen and oxygen atoms in total. The molecule has 0 amide bonds. The summed E-state index contributed by atoms with van der Waals surface area (Å²) in [5, 5.41) is 9.18. The molecule has 27 heavy (non-hydrogen) atoms. The third-order valence-corrected chi connectivity index (χ3v) is 6.11. The van der Waals surface area contributed by atoms with Gasteiger partial charge in [-0.15, -0.1) is 10.2 Å². The lowest BCUT2D eigenvalue weighted by Crippen LogP contribution is -2.25. The Kier molecular flexibility index (Phi) is 3.71. The molecule has 138 valence electrons. The van der Waals surface area contributed by atoms with Crippen molar-refractivity contribution in [1.82, 2.24) is 18.7 Å². The highest BCUT2D eigenvalue weighted by Gasteiger charge is 2.23. The van der Waals surface area contributed by atoms with Crippen molar-refractivity contribution in [3.63, 3.8) is 0 Å². The zero-order valence-corrected chi connectivity index (χ0v) is 15.9. The summed E-state index contributed by atoms with van der Waals surface area (Å²) < 4.78 is 28.9. The number of pyridine rings is 1. The van der Waals surface area contributed by atoms with Crippen LogP contribution in [0.4, 0.5) is 0 Å². The summed E-state index contributed by atoms with van der Waals surface area (Å²) in [6.45, 7) is 5.98. The van der Waals surface area contributed by atoms with Crippen molar-refractivity contribution in [2.24, 2.45) is 0 Å². The monoisotopic (exact) mass is 382 g/mol. The molecule has 0 aliphatic rings. The highest BCUT2D eigenvalue weighted by Crippen LogP contribution is 2.26. The van der Waals surface area contributed by atoms with Gasteiger partial charge in [-0.3, -0.25) is 4.79 Å². The van der Waals surface area contributed by atoms with Crippen molar-refractivity contribution < 1.29 is 8.42 Å². The normalized spacial score (nSPS) is 12.7. The highest BCUT2D eigenvalue weighted by molar-refractivity contribution is 7.90. The molecule has 0 bridgehead atoms. The van der Waals surface area contributed by atoms with E-state index in [2.05, 4.69) is 10.2 Å². The van der Waals surface area contributed by atoms with Crippen LogP contribution in [0.1, 0.15) is 20.8 Å². The Morgan fingerprint density at radius 3 is 2.22 bits per heavy atom. The molecule has 0 N–H and O–H groups in total. The highest BCUT2D eigenvalue weighted by atomic mass is 32.2. The number of hydrogen-bond acceptors (Lipinski definition) is 5. The molecule has 0 aliphatic heterocycles. The summed E-state index contributed by atoms with van der Waals surface area (Å²) in [5.74, 6) is 0. The summed E-state index contributed by atoms with van der Waals surface area (Å²) in [4.78, 5) is 12.7. The Labute approximate surface area is 155 Å². The Morgan fingerprint density at radius 1 is 0.889 bits per heavy atom. The molecule has 4 aromatic rings. The van der Waals surface area contributed by atoms with E-state index in [4.69, 9.17) is 0 Å². The molecule has 0 radical (unpaired) electrons. The zero-order valence-electron chi connectivity index (χ0n) is 15.1. The van der Waals surface area contributed by atoms with E-state index in [1.54, 1.807) is 30.5 Å². The minimum atomic E-state index is -3.84. The van der Waals surface area contributed by atoms with E-state index in [9.17, 15) is 13.2 Å². The molecule has 0 fully saturated rings. The van der Waals surface area contributed by atoms with E-state index < -0.39 is 10.0 Å². The van der Waals surface area contributed by atoms with Crippen molar-refractivity contribution in [2.75, 3.05) is 0 Å². The van der Waals surface area contributed by atoms with E-state index in [1.807, 2.05) is 25.3 Å². The van der Waals surface area contributed by atoms with Crippen LogP contribution in [-0.2, 0) is 15.6 Å². The van der Waals surface area contributed by atoms with Crippen LogP contribution < -0.4 is 5.43 Å². The van der Waals surface area contributed by atoms with Gasteiger partial charge in [0.25, 0.3) is 10.0 Å². The fourth-order valence-electron chi connectivity index (χ4n) is 3.11. The van der Waals surface area contributed by atoms with Crippen LogP contribution in [0.25, 0.3) is 22.1 Å². The summed E-state index contributed by atoms with van der Waals surface area (Å²) in [7, 11) is -3.84. The second kappa shape index (κ2) is 5.75. The van der Waals surface area contributed by atoms with E-state index in [0.29, 0.717) is 16.4 Å². The number of hydrogen-bond donors (Lipinski definition) is 0. The van der Waals surface area contributed by atoms with Gasteiger partial charge in [-0.05, 0) is 39.0 Å². The topological polar surface area (TPSA) is 86.9 Å². The van der Waals surface area contributed by atoms with E-state index in [-0.39, 0.29) is 21.5 Å². The standard InChI is InChI=1S/C19H18N4O3S/c1-19(2,3)22-11-10-15(24)16-14-9-12-23(17(14)20-21-18(16)22)27(25,26)13-7-5-4-6-8-13/h4-12H,1-3H3. The molecule has 0 saturated heterocycles. The van der Waals surface area contributed by atoms with Crippen LogP contribution in [0.5, 0.6) is 0 Å². The van der Waals surface area contributed by atoms with Crippen LogP contribution in [0.15, 0.2) is 64.5 Å². The molecule has 0 unspecified atom stereocenters. The quantitative estimate of drug-likeness (QED) is 0.532. The third kappa shape index (κ3) is 2.64. The van der Waals surface area contributed by atoms with E-state index >= 15 is 0 Å². The SMILES string of the molecule is CC(C)(C)n1ccc(=O)c2c3ccn(S(=O)(=O)c4ccccc4)c3nnc21. The Hall–Kier alpha value is -3.00. The molecule has 3 heterocycles. The first-order valence-electron chi connectivity index (χ1n) is 8.41. The van der Waals surface area contributed by atoms with Crippen molar-refractivity contribution in [2.45, 2.75) is 31.2 Å². The van der Waals surface area contributed by atoms with Gasteiger partial charge in [0, 0.05) is 29.4 Å². The van der Waals surface area contributed by atoms with Crippen LogP contribution >= 0.6 is 0 Å². The fraction of sp³-hybridized carbons (Fsp3) is 0.211. The van der Waals surface area contributed by atoms with Gasteiger partial charge in [0.15, 0.2) is 16.7 Å². The van der Waals surface area contributed by atoms with Gasteiger partial charge >= 0.3 is 0 Å². The average Bonchev–Trinajstić information content (AvgIpc) is 3.06. The number of benzene rings is 1. The predicted octanol–water partition coefficient (Wildman–Crippen LogP) is 2.74. The minimum absolute atomic E-state index is 0.134.